The molecule has 0 spiro atoms. The van der Waals surface area contributed by atoms with E-state index in [2.05, 4.69) is 27.2 Å². The maximum absolute atomic E-state index is 12.4. The number of halogens is 1. The fourth-order valence-corrected chi connectivity index (χ4v) is 5.21. The lowest BCUT2D eigenvalue weighted by Crippen LogP contribution is -2.46. The van der Waals surface area contributed by atoms with E-state index in [4.69, 9.17) is 11.6 Å². The van der Waals surface area contributed by atoms with Gasteiger partial charge >= 0.3 is 0 Å². The minimum absolute atomic E-state index is 0.251. The molecule has 4 nitrogen and oxygen atoms in total. The fourth-order valence-electron chi connectivity index (χ4n) is 5.01. The smallest absolute Gasteiger partial charge is 0.223 e. The van der Waals surface area contributed by atoms with E-state index >= 15 is 0 Å². The first-order valence-corrected chi connectivity index (χ1v) is 10.6. The number of hydrogen-bond donors (Lipinski definition) is 1. The molecule has 0 aromatic heterocycles. The highest BCUT2D eigenvalue weighted by molar-refractivity contribution is 6.31. The zero-order valence-electron chi connectivity index (χ0n) is 15.5. The first kappa shape index (κ1) is 18.3. The predicted molar refractivity (Wildman–Crippen MR) is 105 cm³/mol. The summed E-state index contributed by atoms with van der Waals surface area (Å²) in [6.45, 7) is 6.32. The summed E-state index contributed by atoms with van der Waals surface area (Å²) < 4.78 is 0. The zero-order valence-corrected chi connectivity index (χ0v) is 16.3. The molecule has 0 bridgehead atoms. The molecule has 4 rings (SSSR count). The van der Waals surface area contributed by atoms with Crippen LogP contribution in [0.3, 0.4) is 0 Å². The molecule has 0 radical (unpaired) electrons. The van der Waals surface area contributed by atoms with Gasteiger partial charge in [-0.2, -0.15) is 0 Å². The molecular weight excluding hydrogens is 346 g/mol. The van der Waals surface area contributed by atoms with Crippen LogP contribution >= 0.6 is 11.6 Å². The Kier molecular flexibility index (Phi) is 5.82. The Morgan fingerprint density at radius 2 is 1.77 bits per heavy atom. The number of benzene rings is 1. The van der Waals surface area contributed by atoms with E-state index in [0.29, 0.717) is 17.9 Å². The molecule has 1 aromatic carbocycles. The first-order chi connectivity index (χ1) is 12.7. The normalized spacial score (nSPS) is 30.2. The number of piperazine rings is 1. The Labute approximate surface area is 161 Å². The van der Waals surface area contributed by atoms with E-state index in [-0.39, 0.29) is 5.92 Å². The summed E-state index contributed by atoms with van der Waals surface area (Å²) >= 11 is 6.29. The van der Waals surface area contributed by atoms with Crippen molar-refractivity contribution >= 4 is 17.5 Å². The molecule has 5 heteroatoms. The van der Waals surface area contributed by atoms with E-state index in [9.17, 15) is 4.79 Å². The van der Waals surface area contributed by atoms with Gasteiger partial charge in [-0.1, -0.05) is 42.6 Å². The average molecular weight is 376 g/mol. The maximum atomic E-state index is 12.4. The average Bonchev–Trinajstić information content (AvgIpc) is 2.98. The number of carbonyl (C=O) groups is 1. The summed E-state index contributed by atoms with van der Waals surface area (Å²) in [5.41, 5.74) is 1.22. The molecule has 2 heterocycles. The van der Waals surface area contributed by atoms with Crippen LogP contribution in [0.1, 0.15) is 37.7 Å². The van der Waals surface area contributed by atoms with E-state index in [1.54, 1.807) is 0 Å². The van der Waals surface area contributed by atoms with Crippen LogP contribution in [0.4, 0.5) is 0 Å². The van der Waals surface area contributed by atoms with Crippen LogP contribution in [0.15, 0.2) is 24.3 Å². The lowest BCUT2D eigenvalue weighted by molar-refractivity contribution is -0.123. The Morgan fingerprint density at radius 1 is 1.04 bits per heavy atom. The molecule has 1 amide bonds. The SMILES string of the molecule is O=C1NC2CCCCC2C1CCN1CCN(Cc2ccccc2Cl)CC1. The Balaban J connectivity index is 1.23. The molecule has 3 fully saturated rings. The van der Waals surface area contributed by atoms with E-state index in [0.717, 1.165) is 50.7 Å². The molecule has 2 saturated heterocycles. The van der Waals surface area contributed by atoms with Gasteiger partial charge < -0.3 is 10.2 Å². The molecule has 1 aromatic rings. The predicted octanol–water partition coefficient (Wildman–Crippen LogP) is 3.15. The maximum Gasteiger partial charge on any atom is 0.223 e. The van der Waals surface area contributed by atoms with Crippen molar-refractivity contribution in [2.45, 2.75) is 44.7 Å². The van der Waals surface area contributed by atoms with Crippen molar-refractivity contribution in [1.29, 1.82) is 0 Å². The molecule has 2 aliphatic heterocycles. The van der Waals surface area contributed by atoms with Gasteiger partial charge in [0.2, 0.25) is 5.91 Å². The largest absolute Gasteiger partial charge is 0.353 e. The molecule has 3 aliphatic rings. The van der Waals surface area contributed by atoms with Gasteiger partial charge in [0.1, 0.15) is 0 Å². The fraction of sp³-hybridized carbons (Fsp3) is 0.667. The number of rotatable bonds is 5. The van der Waals surface area contributed by atoms with Gasteiger partial charge in [0, 0.05) is 49.7 Å². The number of amides is 1. The highest BCUT2D eigenvalue weighted by atomic mass is 35.5. The van der Waals surface area contributed by atoms with Crippen molar-refractivity contribution in [2.75, 3.05) is 32.7 Å². The third kappa shape index (κ3) is 4.08. The van der Waals surface area contributed by atoms with Crippen molar-refractivity contribution < 1.29 is 4.79 Å². The van der Waals surface area contributed by atoms with E-state index in [1.807, 2.05) is 12.1 Å². The minimum atomic E-state index is 0.251. The van der Waals surface area contributed by atoms with Crippen molar-refractivity contribution in [3.63, 3.8) is 0 Å². The standard InChI is InChI=1S/C21H30ClN3O/c22-19-7-3-1-5-16(19)15-25-13-11-24(12-14-25)10-9-18-17-6-2-4-8-20(17)23-21(18)26/h1,3,5,7,17-18,20H,2,4,6,8-15H2,(H,23,26). The van der Waals surface area contributed by atoms with Crippen molar-refractivity contribution in [1.82, 2.24) is 15.1 Å². The molecule has 26 heavy (non-hydrogen) atoms. The van der Waals surface area contributed by atoms with Crippen LogP contribution in [0.25, 0.3) is 0 Å². The van der Waals surface area contributed by atoms with Crippen molar-refractivity contribution in [3.05, 3.63) is 34.9 Å². The van der Waals surface area contributed by atoms with Crippen molar-refractivity contribution in [3.8, 4) is 0 Å². The monoisotopic (exact) mass is 375 g/mol. The van der Waals surface area contributed by atoms with Gasteiger partial charge in [-0.3, -0.25) is 9.69 Å². The van der Waals surface area contributed by atoms with Gasteiger partial charge in [0.15, 0.2) is 0 Å². The lowest BCUT2D eigenvalue weighted by Gasteiger charge is -2.35. The summed E-state index contributed by atoms with van der Waals surface area (Å²) in [5.74, 6) is 1.17. The summed E-state index contributed by atoms with van der Waals surface area (Å²) in [6.07, 6.45) is 6.03. The number of fused-ring (bicyclic) bond motifs is 1. The second kappa shape index (κ2) is 8.28. The summed E-state index contributed by atoms with van der Waals surface area (Å²) in [6, 6.07) is 8.60. The van der Waals surface area contributed by atoms with Crippen LogP contribution in [0.2, 0.25) is 5.02 Å². The number of carbonyl (C=O) groups excluding carboxylic acids is 1. The lowest BCUT2D eigenvalue weighted by atomic mass is 9.78. The second-order valence-corrected chi connectivity index (χ2v) is 8.57. The molecular formula is C21H30ClN3O. The Morgan fingerprint density at radius 3 is 2.58 bits per heavy atom. The number of nitrogens with zero attached hydrogens (tertiary/aromatic N) is 2. The minimum Gasteiger partial charge on any atom is -0.353 e. The summed E-state index contributed by atoms with van der Waals surface area (Å²) in [5, 5.41) is 4.12. The molecule has 3 unspecified atom stereocenters. The quantitative estimate of drug-likeness (QED) is 0.858. The Bertz CT molecular complexity index is 629. The third-order valence-electron chi connectivity index (χ3n) is 6.57. The molecule has 3 atom stereocenters. The second-order valence-electron chi connectivity index (χ2n) is 8.17. The highest BCUT2D eigenvalue weighted by Crippen LogP contribution is 2.37. The van der Waals surface area contributed by atoms with Crippen LogP contribution in [0, 0.1) is 11.8 Å². The van der Waals surface area contributed by atoms with Gasteiger partial charge in [-0.05, 0) is 43.4 Å². The van der Waals surface area contributed by atoms with E-state index in [1.165, 1.54) is 31.2 Å². The molecule has 1 N–H and O–H groups in total. The topological polar surface area (TPSA) is 35.6 Å². The van der Waals surface area contributed by atoms with Crippen LogP contribution in [-0.2, 0) is 11.3 Å². The zero-order chi connectivity index (χ0) is 17.9. The summed E-state index contributed by atoms with van der Waals surface area (Å²) in [4.78, 5) is 17.4. The van der Waals surface area contributed by atoms with E-state index < -0.39 is 0 Å². The molecule has 1 saturated carbocycles. The molecule has 1 aliphatic carbocycles. The van der Waals surface area contributed by atoms with Crippen LogP contribution < -0.4 is 5.32 Å². The van der Waals surface area contributed by atoms with Crippen molar-refractivity contribution in [2.24, 2.45) is 11.8 Å². The van der Waals surface area contributed by atoms with Gasteiger partial charge in [0.05, 0.1) is 0 Å². The van der Waals surface area contributed by atoms with Gasteiger partial charge in [-0.15, -0.1) is 0 Å². The molecule has 142 valence electrons. The number of nitrogens with one attached hydrogen (secondary N) is 1. The first-order valence-electron chi connectivity index (χ1n) is 10.2. The third-order valence-corrected chi connectivity index (χ3v) is 6.94. The number of hydrogen-bond acceptors (Lipinski definition) is 3. The van der Waals surface area contributed by atoms with Gasteiger partial charge in [0.25, 0.3) is 0 Å². The highest BCUT2D eigenvalue weighted by Gasteiger charge is 2.42. The van der Waals surface area contributed by atoms with Crippen LogP contribution in [0.5, 0.6) is 0 Å². The Hall–Kier alpha value is -1.10. The van der Waals surface area contributed by atoms with Crippen LogP contribution in [-0.4, -0.2) is 54.5 Å². The van der Waals surface area contributed by atoms with Gasteiger partial charge in [-0.25, -0.2) is 0 Å². The summed E-state index contributed by atoms with van der Waals surface area (Å²) in [7, 11) is 0.